The Morgan fingerprint density at radius 1 is 1.35 bits per heavy atom. The van der Waals surface area contributed by atoms with Crippen molar-refractivity contribution in [3.63, 3.8) is 0 Å². The van der Waals surface area contributed by atoms with Crippen LogP contribution in [0, 0.1) is 6.92 Å². The molecule has 106 valence electrons. The van der Waals surface area contributed by atoms with Crippen LogP contribution in [0.1, 0.15) is 11.1 Å². The van der Waals surface area contributed by atoms with E-state index >= 15 is 0 Å². The number of hydrogen-bond donors (Lipinski definition) is 1. The highest BCUT2D eigenvalue weighted by Crippen LogP contribution is 2.27. The molecule has 0 aliphatic rings. The van der Waals surface area contributed by atoms with Crippen LogP contribution in [-0.2, 0) is 13.1 Å². The van der Waals surface area contributed by atoms with Crippen molar-refractivity contribution in [1.82, 2.24) is 4.57 Å². The summed E-state index contributed by atoms with van der Waals surface area (Å²) in [6.07, 6.45) is 1.75. The lowest BCUT2D eigenvalue weighted by Crippen LogP contribution is -2.21. The maximum absolute atomic E-state index is 11.6. The molecule has 1 aromatic carbocycles. The van der Waals surface area contributed by atoms with Crippen LogP contribution in [0.15, 0.2) is 45.8 Å². The maximum atomic E-state index is 11.6. The zero-order chi connectivity index (χ0) is 14.5. The molecule has 5 heteroatoms. The van der Waals surface area contributed by atoms with E-state index in [9.17, 15) is 4.79 Å². The van der Waals surface area contributed by atoms with Gasteiger partial charge in [0.25, 0.3) is 5.56 Å². The summed E-state index contributed by atoms with van der Waals surface area (Å²) in [5, 5.41) is 0. The van der Waals surface area contributed by atoms with E-state index in [0.29, 0.717) is 19.7 Å². The van der Waals surface area contributed by atoms with Crippen LogP contribution in [-0.4, -0.2) is 11.2 Å². The van der Waals surface area contributed by atoms with Crippen molar-refractivity contribution in [2.45, 2.75) is 20.0 Å². The Labute approximate surface area is 126 Å². The Kier molecular flexibility index (Phi) is 4.98. The highest BCUT2D eigenvalue weighted by molar-refractivity contribution is 9.10. The summed E-state index contributed by atoms with van der Waals surface area (Å²) >= 11 is 3.45. The second-order valence-corrected chi connectivity index (χ2v) is 5.41. The smallest absolute Gasteiger partial charge is 0.250 e. The molecule has 2 rings (SSSR count). The molecule has 0 spiro atoms. The summed E-state index contributed by atoms with van der Waals surface area (Å²) in [6, 6.07) is 9.04. The average molecular weight is 337 g/mol. The topological polar surface area (TPSA) is 57.2 Å². The minimum atomic E-state index is -0.0253. The van der Waals surface area contributed by atoms with Gasteiger partial charge in [-0.25, -0.2) is 0 Å². The molecule has 2 N–H and O–H groups in total. The fourth-order valence-corrected chi connectivity index (χ4v) is 2.67. The van der Waals surface area contributed by atoms with Crippen molar-refractivity contribution in [2.75, 3.05) is 6.61 Å². The zero-order valence-electron chi connectivity index (χ0n) is 11.3. The van der Waals surface area contributed by atoms with Gasteiger partial charge in [-0.3, -0.25) is 4.79 Å². The molecule has 4 nitrogen and oxygen atoms in total. The largest absolute Gasteiger partial charge is 0.491 e. The molecule has 0 saturated heterocycles. The summed E-state index contributed by atoms with van der Waals surface area (Å²) in [7, 11) is 0. The van der Waals surface area contributed by atoms with Gasteiger partial charge in [0.15, 0.2) is 0 Å². The van der Waals surface area contributed by atoms with Gasteiger partial charge in [-0.05, 0) is 30.7 Å². The lowest BCUT2D eigenvalue weighted by atomic mass is 10.1. The first kappa shape index (κ1) is 14.8. The number of rotatable bonds is 5. The lowest BCUT2D eigenvalue weighted by molar-refractivity contribution is 0.291. The number of hydrogen-bond acceptors (Lipinski definition) is 3. The highest BCUT2D eigenvalue weighted by atomic mass is 79.9. The van der Waals surface area contributed by atoms with Gasteiger partial charge in [0, 0.05) is 28.8 Å². The molecule has 0 saturated carbocycles. The second kappa shape index (κ2) is 6.72. The number of ether oxygens (including phenoxy) is 1. The molecule has 1 aromatic heterocycles. The molecule has 0 radical (unpaired) electrons. The molecular formula is C15H17BrN2O2. The summed E-state index contributed by atoms with van der Waals surface area (Å²) in [5.41, 5.74) is 7.70. The molecule has 0 fully saturated rings. The average Bonchev–Trinajstić information content (AvgIpc) is 2.42. The van der Waals surface area contributed by atoms with Crippen LogP contribution in [0.2, 0.25) is 0 Å². The number of aromatic nitrogens is 1. The van der Waals surface area contributed by atoms with Crippen molar-refractivity contribution in [3.8, 4) is 5.75 Å². The number of aryl methyl sites for hydroxylation is 1. The van der Waals surface area contributed by atoms with Crippen molar-refractivity contribution in [3.05, 3.63) is 62.5 Å². The molecular weight excluding hydrogens is 320 g/mol. The van der Waals surface area contributed by atoms with Gasteiger partial charge in [-0.15, -0.1) is 0 Å². The third kappa shape index (κ3) is 3.49. The van der Waals surface area contributed by atoms with Crippen LogP contribution in [0.4, 0.5) is 0 Å². The fourth-order valence-electron chi connectivity index (χ4n) is 2.05. The van der Waals surface area contributed by atoms with E-state index in [1.807, 2.05) is 25.1 Å². The summed E-state index contributed by atoms with van der Waals surface area (Å²) in [5.74, 6) is 0.805. The van der Waals surface area contributed by atoms with Crippen molar-refractivity contribution < 1.29 is 4.74 Å². The minimum Gasteiger partial charge on any atom is -0.491 e. The van der Waals surface area contributed by atoms with Gasteiger partial charge in [0.1, 0.15) is 12.4 Å². The SMILES string of the molecule is Cc1cc(Br)cc(CN)c1OCCn1ccccc1=O. The molecule has 0 atom stereocenters. The van der Waals surface area contributed by atoms with Crippen LogP contribution in [0.3, 0.4) is 0 Å². The van der Waals surface area contributed by atoms with E-state index in [1.165, 1.54) is 6.07 Å². The van der Waals surface area contributed by atoms with Gasteiger partial charge in [0.2, 0.25) is 0 Å². The summed E-state index contributed by atoms with van der Waals surface area (Å²) in [6.45, 7) is 3.34. The summed E-state index contributed by atoms with van der Waals surface area (Å²) < 4.78 is 8.42. The summed E-state index contributed by atoms with van der Waals surface area (Å²) in [4.78, 5) is 11.6. The number of benzene rings is 1. The van der Waals surface area contributed by atoms with Crippen LogP contribution in [0.5, 0.6) is 5.75 Å². The maximum Gasteiger partial charge on any atom is 0.250 e. The number of nitrogens with two attached hydrogens (primary N) is 1. The highest BCUT2D eigenvalue weighted by Gasteiger charge is 2.08. The Morgan fingerprint density at radius 2 is 2.15 bits per heavy atom. The molecule has 0 amide bonds. The first-order chi connectivity index (χ1) is 9.61. The molecule has 0 bridgehead atoms. The second-order valence-electron chi connectivity index (χ2n) is 4.50. The Balaban J connectivity index is 2.08. The Hall–Kier alpha value is -1.59. The first-order valence-corrected chi connectivity index (χ1v) is 7.18. The normalized spacial score (nSPS) is 10.6. The van der Waals surface area contributed by atoms with Gasteiger partial charge in [-0.1, -0.05) is 22.0 Å². The van der Waals surface area contributed by atoms with Crippen molar-refractivity contribution in [2.24, 2.45) is 5.73 Å². The van der Waals surface area contributed by atoms with E-state index in [2.05, 4.69) is 15.9 Å². The monoisotopic (exact) mass is 336 g/mol. The van der Waals surface area contributed by atoms with E-state index in [0.717, 1.165) is 21.3 Å². The molecule has 1 heterocycles. The molecule has 20 heavy (non-hydrogen) atoms. The first-order valence-electron chi connectivity index (χ1n) is 6.39. The number of halogens is 1. The molecule has 0 unspecified atom stereocenters. The van der Waals surface area contributed by atoms with Crippen LogP contribution < -0.4 is 16.0 Å². The van der Waals surface area contributed by atoms with E-state index in [-0.39, 0.29) is 5.56 Å². The van der Waals surface area contributed by atoms with Crippen molar-refractivity contribution in [1.29, 1.82) is 0 Å². The minimum absolute atomic E-state index is 0.0253. The number of pyridine rings is 1. The predicted octanol–water partition coefficient (Wildman–Crippen LogP) is 2.46. The molecule has 0 aliphatic heterocycles. The van der Waals surface area contributed by atoms with E-state index in [1.54, 1.807) is 16.8 Å². The standard InChI is InChI=1S/C15H17BrN2O2/c1-11-8-13(16)9-12(10-17)15(11)20-7-6-18-5-3-2-4-14(18)19/h2-5,8-9H,6-7,10,17H2,1H3. The van der Waals surface area contributed by atoms with Crippen molar-refractivity contribution >= 4 is 15.9 Å². The third-order valence-electron chi connectivity index (χ3n) is 3.01. The van der Waals surface area contributed by atoms with Crippen LogP contribution in [0.25, 0.3) is 0 Å². The quantitative estimate of drug-likeness (QED) is 0.912. The van der Waals surface area contributed by atoms with Crippen LogP contribution >= 0.6 is 15.9 Å². The lowest BCUT2D eigenvalue weighted by Gasteiger charge is -2.14. The zero-order valence-corrected chi connectivity index (χ0v) is 12.9. The third-order valence-corrected chi connectivity index (χ3v) is 3.47. The number of nitrogens with zero attached hydrogens (tertiary/aromatic N) is 1. The van der Waals surface area contributed by atoms with Gasteiger partial charge < -0.3 is 15.0 Å². The Morgan fingerprint density at radius 3 is 2.85 bits per heavy atom. The van der Waals surface area contributed by atoms with Gasteiger partial charge in [-0.2, -0.15) is 0 Å². The van der Waals surface area contributed by atoms with Gasteiger partial charge >= 0.3 is 0 Å². The molecule has 2 aromatic rings. The van der Waals surface area contributed by atoms with E-state index < -0.39 is 0 Å². The molecule has 0 aliphatic carbocycles. The Bertz CT molecular complexity index is 653. The predicted molar refractivity (Wildman–Crippen MR) is 83.0 cm³/mol. The fraction of sp³-hybridized carbons (Fsp3) is 0.267. The van der Waals surface area contributed by atoms with Gasteiger partial charge in [0.05, 0.1) is 6.54 Å². The van der Waals surface area contributed by atoms with E-state index in [4.69, 9.17) is 10.5 Å².